The van der Waals surface area contributed by atoms with Crippen molar-refractivity contribution in [3.8, 4) is 17.2 Å². The zero-order chi connectivity index (χ0) is 29.5. The molecule has 1 saturated heterocycles. The van der Waals surface area contributed by atoms with Crippen LogP contribution in [-0.4, -0.2) is 50.0 Å². The van der Waals surface area contributed by atoms with Gasteiger partial charge in [0.05, 0.1) is 29.5 Å². The first-order valence-electron chi connectivity index (χ1n) is 14.6. The standard InChI is InChI=1S/C33H33N7O3/c1-4-24(41)7-5-21-11-12-40-16-22(21)17-42-30-15-27-31(38-33(30)40)32(35-18-34-27)37-23-6-10-29(20(2)13-23)43-25-8-9-28-26(14-25)36-19-39(28)3/h4,6,8-10,13-15,18-19,21-22H,1,5,7,11-12,16-17H2,2-3H3,(H,34,35,37)/t21?,22-/m0/s1. The summed E-state index contributed by atoms with van der Waals surface area (Å²) in [6.07, 6.45) is 7.16. The number of allylic oxidation sites excluding steroid dienone is 1. The maximum Gasteiger partial charge on any atom is 0.172 e. The van der Waals surface area contributed by atoms with Gasteiger partial charge in [-0.3, -0.25) is 4.79 Å². The fraction of sp³-hybridized carbons (Fsp3) is 0.303. The highest BCUT2D eigenvalue weighted by Gasteiger charge is 2.34. The summed E-state index contributed by atoms with van der Waals surface area (Å²) >= 11 is 0. The van der Waals surface area contributed by atoms with Gasteiger partial charge in [-0.2, -0.15) is 0 Å². The van der Waals surface area contributed by atoms with Gasteiger partial charge in [0, 0.05) is 50.3 Å². The van der Waals surface area contributed by atoms with Crippen molar-refractivity contribution in [1.82, 2.24) is 24.5 Å². The summed E-state index contributed by atoms with van der Waals surface area (Å²) in [5.41, 5.74) is 5.19. The number of aryl methyl sites for hydroxylation is 2. The summed E-state index contributed by atoms with van der Waals surface area (Å²) < 4.78 is 14.5. The zero-order valence-corrected chi connectivity index (χ0v) is 24.3. The number of pyridine rings is 1. The van der Waals surface area contributed by atoms with Gasteiger partial charge in [0.25, 0.3) is 0 Å². The minimum absolute atomic E-state index is 0.103. The summed E-state index contributed by atoms with van der Waals surface area (Å²) in [4.78, 5) is 32.6. The van der Waals surface area contributed by atoms with Crippen LogP contribution in [0.15, 0.2) is 67.8 Å². The normalized spacial score (nSPS) is 17.7. The predicted octanol–water partition coefficient (Wildman–Crippen LogP) is 6.13. The van der Waals surface area contributed by atoms with E-state index in [4.69, 9.17) is 14.5 Å². The van der Waals surface area contributed by atoms with Crippen LogP contribution in [0.2, 0.25) is 0 Å². The van der Waals surface area contributed by atoms with Crippen LogP contribution in [0.3, 0.4) is 0 Å². The van der Waals surface area contributed by atoms with Crippen LogP contribution < -0.4 is 19.7 Å². The first-order chi connectivity index (χ1) is 20.9. The predicted molar refractivity (Wildman–Crippen MR) is 166 cm³/mol. The molecule has 0 amide bonds. The average molecular weight is 576 g/mol. The van der Waals surface area contributed by atoms with Crippen molar-refractivity contribution in [3.63, 3.8) is 0 Å². The number of piperidine rings is 1. The van der Waals surface area contributed by atoms with Crippen LogP contribution in [0.1, 0.15) is 24.8 Å². The van der Waals surface area contributed by atoms with Crippen molar-refractivity contribution in [2.75, 3.05) is 29.9 Å². The molecule has 0 spiro atoms. The van der Waals surface area contributed by atoms with E-state index in [9.17, 15) is 4.79 Å². The summed E-state index contributed by atoms with van der Waals surface area (Å²) in [5, 5.41) is 3.44. The van der Waals surface area contributed by atoms with E-state index < -0.39 is 0 Å². The van der Waals surface area contributed by atoms with Gasteiger partial charge in [-0.05, 0) is 67.7 Å². The van der Waals surface area contributed by atoms with Gasteiger partial charge < -0.3 is 24.3 Å². The van der Waals surface area contributed by atoms with Crippen molar-refractivity contribution < 1.29 is 14.3 Å². The van der Waals surface area contributed by atoms with Gasteiger partial charge in [0.15, 0.2) is 23.2 Å². The van der Waals surface area contributed by atoms with Crippen LogP contribution in [0, 0.1) is 18.8 Å². The molecule has 2 atom stereocenters. The molecule has 1 N–H and O–H groups in total. The first kappa shape index (κ1) is 26.9. The minimum atomic E-state index is 0.103. The smallest absolute Gasteiger partial charge is 0.172 e. The van der Waals surface area contributed by atoms with Crippen molar-refractivity contribution in [3.05, 3.63) is 73.3 Å². The lowest BCUT2D eigenvalue weighted by atomic mass is 9.82. The van der Waals surface area contributed by atoms with E-state index in [2.05, 4.69) is 31.7 Å². The highest BCUT2D eigenvalue weighted by atomic mass is 16.5. The molecule has 5 aromatic rings. The van der Waals surface area contributed by atoms with E-state index in [1.165, 1.54) is 6.08 Å². The van der Waals surface area contributed by atoms with E-state index in [0.29, 0.717) is 41.7 Å². The SMILES string of the molecule is C=CC(=O)CCC1CCN2C[C@H]1COc1cc3ncnc(Nc4ccc(Oc5ccc6c(c5)ncn6C)c(C)c4)c3nc12. The lowest BCUT2D eigenvalue weighted by Crippen LogP contribution is -2.41. The van der Waals surface area contributed by atoms with Crippen LogP contribution in [0.4, 0.5) is 17.3 Å². The van der Waals surface area contributed by atoms with E-state index in [1.54, 1.807) is 12.7 Å². The number of benzene rings is 2. The van der Waals surface area contributed by atoms with Gasteiger partial charge in [0.1, 0.15) is 23.3 Å². The number of hydrogen-bond acceptors (Lipinski definition) is 9. The molecule has 2 bridgehead atoms. The third-order valence-electron chi connectivity index (χ3n) is 8.55. The molecular formula is C33H33N7O3. The molecule has 2 aliphatic heterocycles. The molecule has 0 aliphatic carbocycles. The van der Waals surface area contributed by atoms with Crippen molar-refractivity contribution in [2.24, 2.45) is 18.9 Å². The Kier molecular flexibility index (Phi) is 6.89. The Hall–Kier alpha value is -4.99. The van der Waals surface area contributed by atoms with Crippen molar-refractivity contribution in [1.29, 1.82) is 0 Å². The molecule has 43 heavy (non-hydrogen) atoms. The second kappa shape index (κ2) is 11.0. The molecule has 10 heteroatoms. The molecule has 3 aromatic heterocycles. The number of imidazole rings is 1. The fourth-order valence-electron chi connectivity index (χ4n) is 6.14. The number of carbonyl (C=O) groups is 1. The lowest BCUT2D eigenvalue weighted by molar-refractivity contribution is -0.115. The van der Waals surface area contributed by atoms with Gasteiger partial charge in [-0.25, -0.2) is 19.9 Å². The molecule has 2 aliphatic rings. The zero-order valence-electron chi connectivity index (χ0n) is 24.3. The summed E-state index contributed by atoms with van der Waals surface area (Å²) in [6, 6.07) is 13.8. The monoisotopic (exact) mass is 575 g/mol. The second-order valence-corrected chi connectivity index (χ2v) is 11.4. The molecule has 0 radical (unpaired) electrons. The van der Waals surface area contributed by atoms with Gasteiger partial charge in [-0.15, -0.1) is 0 Å². The molecule has 10 nitrogen and oxygen atoms in total. The first-order valence-corrected chi connectivity index (χ1v) is 14.6. The highest BCUT2D eigenvalue weighted by molar-refractivity contribution is 5.90. The number of ether oxygens (including phenoxy) is 2. The quantitative estimate of drug-likeness (QED) is 0.219. The summed E-state index contributed by atoms with van der Waals surface area (Å²) in [7, 11) is 1.97. The summed E-state index contributed by atoms with van der Waals surface area (Å²) in [5.74, 6) is 4.56. The van der Waals surface area contributed by atoms with Gasteiger partial charge in [0.2, 0.25) is 0 Å². The Bertz CT molecular complexity index is 1870. The van der Waals surface area contributed by atoms with Crippen LogP contribution in [-0.2, 0) is 11.8 Å². The molecule has 7 rings (SSSR count). The Labute approximate surface area is 249 Å². The Balaban J connectivity index is 1.11. The number of hydrogen-bond donors (Lipinski definition) is 1. The molecule has 0 saturated carbocycles. The Morgan fingerprint density at radius 3 is 2.93 bits per heavy atom. The molecule has 218 valence electrons. The molecule has 2 aromatic carbocycles. The van der Waals surface area contributed by atoms with Gasteiger partial charge in [-0.1, -0.05) is 6.58 Å². The van der Waals surface area contributed by atoms with Gasteiger partial charge >= 0.3 is 0 Å². The number of carbonyl (C=O) groups excluding carboxylic acids is 1. The third kappa shape index (κ3) is 5.24. The Morgan fingerprint density at radius 1 is 1.16 bits per heavy atom. The average Bonchev–Trinajstić information content (AvgIpc) is 3.32. The molecule has 1 fully saturated rings. The van der Waals surface area contributed by atoms with E-state index in [0.717, 1.165) is 71.3 Å². The number of nitrogens with zero attached hydrogens (tertiary/aromatic N) is 6. The lowest BCUT2D eigenvalue weighted by Gasteiger charge is -2.36. The second-order valence-electron chi connectivity index (χ2n) is 11.4. The number of anilines is 3. The number of nitrogens with one attached hydrogen (secondary N) is 1. The maximum atomic E-state index is 11.8. The van der Waals surface area contributed by atoms with Crippen LogP contribution in [0.25, 0.3) is 22.1 Å². The van der Waals surface area contributed by atoms with Crippen LogP contribution in [0.5, 0.6) is 17.2 Å². The van der Waals surface area contributed by atoms with Crippen molar-refractivity contribution in [2.45, 2.75) is 26.2 Å². The third-order valence-corrected chi connectivity index (χ3v) is 8.55. The van der Waals surface area contributed by atoms with E-state index in [1.807, 2.05) is 61.0 Å². The fourth-order valence-corrected chi connectivity index (χ4v) is 6.14. The number of rotatable bonds is 8. The summed E-state index contributed by atoms with van der Waals surface area (Å²) in [6.45, 7) is 7.94. The van der Waals surface area contributed by atoms with E-state index >= 15 is 0 Å². The Morgan fingerprint density at radius 2 is 2.07 bits per heavy atom. The topological polar surface area (TPSA) is 107 Å². The number of ketones is 1. The molecular weight excluding hydrogens is 542 g/mol. The van der Waals surface area contributed by atoms with E-state index in [-0.39, 0.29) is 5.78 Å². The van der Waals surface area contributed by atoms with Crippen LogP contribution >= 0.6 is 0 Å². The number of aromatic nitrogens is 5. The van der Waals surface area contributed by atoms with Crippen molar-refractivity contribution >= 4 is 45.2 Å². The maximum absolute atomic E-state index is 11.8. The molecule has 5 heterocycles. The largest absolute Gasteiger partial charge is 0.489 e. The molecule has 1 unspecified atom stereocenters. The highest BCUT2D eigenvalue weighted by Crippen LogP contribution is 2.40. The number of fused-ring (bicyclic) bond motifs is 6. The minimum Gasteiger partial charge on any atom is -0.489 e.